The van der Waals surface area contributed by atoms with Crippen molar-refractivity contribution in [3.05, 3.63) is 47.3 Å². The molecule has 1 aliphatic heterocycles. The van der Waals surface area contributed by atoms with Crippen molar-refractivity contribution < 1.29 is 9.47 Å². The number of nitrogens with zero attached hydrogens (tertiary/aromatic N) is 3. The number of hydrogen-bond donors (Lipinski definition) is 0. The summed E-state index contributed by atoms with van der Waals surface area (Å²) in [5.74, 6) is 0.942. The summed E-state index contributed by atoms with van der Waals surface area (Å²) in [6, 6.07) is 8.24. The normalized spacial score (nSPS) is 17.6. The molecule has 0 aliphatic carbocycles. The zero-order valence-electron chi connectivity index (χ0n) is 14.9. The number of ether oxygens (including phenoxy) is 2. The highest BCUT2D eigenvalue weighted by molar-refractivity contribution is 5.33. The molecule has 0 spiro atoms. The molecule has 0 N–H and O–H groups in total. The Labute approximate surface area is 144 Å². The maximum atomic E-state index is 5.86. The van der Waals surface area contributed by atoms with Crippen LogP contribution >= 0.6 is 0 Å². The van der Waals surface area contributed by atoms with E-state index in [2.05, 4.69) is 29.1 Å². The lowest BCUT2D eigenvalue weighted by molar-refractivity contribution is 0.0675. The van der Waals surface area contributed by atoms with Crippen molar-refractivity contribution in [1.82, 2.24) is 14.7 Å². The van der Waals surface area contributed by atoms with E-state index in [4.69, 9.17) is 9.47 Å². The molecule has 0 bridgehead atoms. The average molecular weight is 329 g/mol. The number of aromatic nitrogens is 2. The maximum absolute atomic E-state index is 5.86. The molecule has 24 heavy (non-hydrogen) atoms. The van der Waals surface area contributed by atoms with Crippen molar-refractivity contribution in [2.24, 2.45) is 7.05 Å². The van der Waals surface area contributed by atoms with Gasteiger partial charge in [0.1, 0.15) is 5.75 Å². The van der Waals surface area contributed by atoms with Gasteiger partial charge in [0.05, 0.1) is 19.4 Å². The highest BCUT2D eigenvalue weighted by atomic mass is 16.5. The average Bonchev–Trinajstić information content (AvgIpc) is 3.21. The Morgan fingerprint density at radius 1 is 1.29 bits per heavy atom. The molecule has 0 radical (unpaired) electrons. The van der Waals surface area contributed by atoms with Crippen LogP contribution in [0.25, 0.3) is 0 Å². The van der Waals surface area contributed by atoms with Crippen molar-refractivity contribution in [1.29, 1.82) is 0 Å². The molecule has 130 valence electrons. The topological polar surface area (TPSA) is 39.5 Å². The van der Waals surface area contributed by atoms with E-state index in [1.807, 2.05) is 30.1 Å². The largest absolute Gasteiger partial charge is 0.496 e. The molecule has 2 aromatic rings. The van der Waals surface area contributed by atoms with E-state index in [-0.39, 0.29) is 0 Å². The van der Waals surface area contributed by atoms with E-state index in [1.165, 1.54) is 23.2 Å². The van der Waals surface area contributed by atoms with Crippen LogP contribution in [0.1, 0.15) is 29.7 Å². The predicted octanol–water partition coefficient (Wildman–Crippen LogP) is 2.92. The van der Waals surface area contributed by atoms with Gasteiger partial charge in [0, 0.05) is 50.1 Å². The maximum Gasteiger partial charge on any atom is 0.123 e. The fourth-order valence-corrected chi connectivity index (χ4v) is 3.28. The second kappa shape index (κ2) is 7.81. The SMILES string of the molecule is COc1ccccc1CN(Cc1cnn(C)c1C)C[C@H]1CCCO1. The summed E-state index contributed by atoms with van der Waals surface area (Å²) in [6.45, 7) is 5.66. The van der Waals surface area contributed by atoms with Crippen LogP contribution in [0.5, 0.6) is 5.75 Å². The van der Waals surface area contributed by atoms with Gasteiger partial charge in [-0.05, 0) is 25.8 Å². The second-order valence-electron chi connectivity index (χ2n) is 6.50. The van der Waals surface area contributed by atoms with E-state index in [0.29, 0.717) is 6.10 Å². The Hall–Kier alpha value is -1.85. The molecule has 1 aromatic carbocycles. The van der Waals surface area contributed by atoms with Gasteiger partial charge in [-0.25, -0.2) is 0 Å². The molecule has 1 saturated heterocycles. The summed E-state index contributed by atoms with van der Waals surface area (Å²) >= 11 is 0. The molecule has 3 rings (SSSR count). The molecule has 0 amide bonds. The number of rotatable bonds is 7. The fourth-order valence-electron chi connectivity index (χ4n) is 3.28. The minimum atomic E-state index is 0.330. The van der Waals surface area contributed by atoms with E-state index in [9.17, 15) is 0 Å². The van der Waals surface area contributed by atoms with Gasteiger partial charge >= 0.3 is 0 Å². The zero-order chi connectivity index (χ0) is 16.9. The molecular formula is C19H27N3O2. The quantitative estimate of drug-likeness (QED) is 0.783. The summed E-state index contributed by atoms with van der Waals surface area (Å²) in [5, 5.41) is 4.38. The van der Waals surface area contributed by atoms with E-state index < -0.39 is 0 Å². The Morgan fingerprint density at radius 3 is 2.75 bits per heavy atom. The van der Waals surface area contributed by atoms with Crippen LogP contribution in [0.15, 0.2) is 30.5 Å². The van der Waals surface area contributed by atoms with Gasteiger partial charge in [-0.3, -0.25) is 9.58 Å². The van der Waals surface area contributed by atoms with Crippen molar-refractivity contribution in [2.45, 2.75) is 39.0 Å². The Bertz CT molecular complexity index is 662. The summed E-state index contributed by atoms with van der Waals surface area (Å²) in [5.41, 5.74) is 3.69. The van der Waals surface area contributed by atoms with Gasteiger partial charge < -0.3 is 9.47 Å². The molecule has 5 heteroatoms. The number of benzene rings is 1. The Balaban J connectivity index is 1.77. The minimum Gasteiger partial charge on any atom is -0.496 e. The van der Waals surface area contributed by atoms with Crippen molar-refractivity contribution in [2.75, 3.05) is 20.3 Å². The lowest BCUT2D eigenvalue weighted by atomic mass is 10.1. The molecule has 0 unspecified atom stereocenters. The molecule has 1 aliphatic rings. The third-order valence-corrected chi connectivity index (χ3v) is 4.80. The Kier molecular flexibility index (Phi) is 5.53. The van der Waals surface area contributed by atoms with Gasteiger partial charge in [0.15, 0.2) is 0 Å². The van der Waals surface area contributed by atoms with Crippen LogP contribution in [0.3, 0.4) is 0 Å². The molecular weight excluding hydrogens is 302 g/mol. The van der Waals surface area contributed by atoms with Crippen LogP contribution < -0.4 is 4.74 Å². The monoisotopic (exact) mass is 329 g/mol. The highest BCUT2D eigenvalue weighted by Crippen LogP contribution is 2.23. The van der Waals surface area contributed by atoms with Crippen LogP contribution in [0.4, 0.5) is 0 Å². The fraction of sp³-hybridized carbons (Fsp3) is 0.526. The van der Waals surface area contributed by atoms with Gasteiger partial charge in [0.25, 0.3) is 0 Å². The Morgan fingerprint density at radius 2 is 2.08 bits per heavy atom. The van der Waals surface area contributed by atoms with Crippen molar-refractivity contribution in [3.63, 3.8) is 0 Å². The van der Waals surface area contributed by atoms with Gasteiger partial charge in [-0.2, -0.15) is 5.10 Å². The number of aryl methyl sites for hydroxylation is 1. The van der Waals surface area contributed by atoms with Crippen LogP contribution in [-0.4, -0.2) is 41.0 Å². The standard InChI is InChI=1S/C19H27N3O2/c1-15-17(11-20-21(15)2)13-22(14-18-8-6-10-24-18)12-16-7-4-5-9-19(16)23-3/h4-5,7,9,11,18H,6,8,10,12-14H2,1-3H3/t18-/m1/s1. The second-order valence-corrected chi connectivity index (χ2v) is 6.50. The summed E-state index contributed by atoms with van der Waals surface area (Å²) in [7, 11) is 3.72. The van der Waals surface area contributed by atoms with Crippen molar-refractivity contribution >= 4 is 0 Å². The molecule has 2 heterocycles. The van der Waals surface area contributed by atoms with Gasteiger partial charge in [-0.15, -0.1) is 0 Å². The number of hydrogen-bond acceptors (Lipinski definition) is 4. The molecule has 0 saturated carbocycles. The zero-order valence-corrected chi connectivity index (χ0v) is 14.9. The first-order valence-corrected chi connectivity index (χ1v) is 8.60. The first kappa shape index (κ1) is 17.0. The van der Waals surface area contributed by atoms with E-state index in [1.54, 1.807) is 7.11 Å². The third kappa shape index (κ3) is 3.97. The first-order chi connectivity index (χ1) is 11.7. The van der Waals surface area contributed by atoms with Crippen LogP contribution in [0, 0.1) is 6.92 Å². The van der Waals surface area contributed by atoms with E-state index >= 15 is 0 Å². The van der Waals surface area contributed by atoms with E-state index in [0.717, 1.165) is 38.4 Å². The molecule has 5 nitrogen and oxygen atoms in total. The van der Waals surface area contributed by atoms with Gasteiger partial charge in [-0.1, -0.05) is 18.2 Å². The lowest BCUT2D eigenvalue weighted by Gasteiger charge is -2.26. The van der Waals surface area contributed by atoms with Crippen LogP contribution in [0.2, 0.25) is 0 Å². The minimum absolute atomic E-state index is 0.330. The van der Waals surface area contributed by atoms with Gasteiger partial charge in [0.2, 0.25) is 0 Å². The third-order valence-electron chi connectivity index (χ3n) is 4.80. The lowest BCUT2D eigenvalue weighted by Crippen LogP contribution is -2.31. The van der Waals surface area contributed by atoms with Crippen molar-refractivity contribution in [3.8, 4) is 5.75 Å². The number of para-hydroxylation sites is 1. The summed E-state index contributed by atoms with van der Waals surface area (Å²) in [4.78, 5) is 2.44. The first-order valence-electron chi connectivity index (χ1n) is 8.60. The molecule has 1 aromatic heterocycles. The predicted molar refractivity (Wildman–Crippen MR) is 94.0 cm³/mol. The highest BCUT2D eigenvalue weighted by Gasteiger charge is 2.21. The number of methoxy groups -OCH3 is 1. The molecule has 1 atom stereocenters. The summed E-state index contributed by atoms with van der Waals surface area (Å²) < 4.78 is 13.3. The smallest absolute Gasteiger partial charge is 0.123 e. The van der Waals surface area contributed by atoms with Crippen LogP contribution in [-0.2, 0) is 24.9 Å². The summed E-state index contributed by atoms with van der Waals surface area (Å²) in [6.07, 6.45) is 4.62. The molecule has 1 fully saturated rings.